The van der Waals surface area contributed by atoms with Crippen molar-refractivity contribution >= 4 is 21.7 Å². The Bertz CT molecular complexity index is 1290. The van der Waals surface area contributed by atoms with Crippen LogP contribution in [0.15, 0.2) is 57.7 Å². The Labute approximate surface area is 166 Å². The number of rotatable bonds is 4. The number of aliphatic hydroxyl groups excluding tert-OH is 1. The average molecular weight is 392 g/mol. The molecule has 0 aliphatic carbocycles. The smallest absolute Gasteiger partial charge is 0.344 e. The summed E-state index contributed by atoms with van der Waals surface area (Å²) in [5.41, 5.74) is 1.18. The van der Waals surface area contributed by atoms with E-state index in [1.54, 1.807) is 55.5 Å². The lowest BCUT2D eigenvalue weighted by Crippen LogP contribution is -2.04. The quantitative estimate of drug-likeness (QED) is 0.358. The molecule has 0 radical (unpaired) electrons. The van der Waals surface area contributed by atoms with Crippen LogP contribution in [0, 0.1) is 0 Å². The molecular formula is C23H20O6. The molecule has 1 aromatic heterocycles. The van der Waals surface area contributed by atoms with Crippen LogP contribution < -0.4 is 10.4 Å². The van der Waals surface area contributed by atoms with Gasteiger partial charge >= 0.3 is 5.63 Å². The zero-order valence-corrected chi connectivity index (χ0v) is 16.0. The molecule has 0 amide bonds. The van der Waals surface area contributed by atoms with E-state index >= 15 is 0 Å². The number of hydrogen-bond donors (Lipinski definition) is 3. The lowest BCUT2D eigenvalue weighted by Gasteiger charge is -2.14. The molecule has 4 rings (SSSR count). The minimum absolute atomic E-state index is 0.0765. The highest BCUT2D eigenvalue weighted by molar-refractivity contribution is 6.06. The molecule has 1 unspecified atom stereocenters. The van der Waals surface area contributed by atoms with Gasteiger partial charge < -0.3 is 24.5 Å². The molecule has 1 heterocycles. The summed E-state index contributed by atoms with van der Waals surface area (Å²) in [7, 11) is 1.44. The Balaban J connectivity index is 2.06. The van der Waals surface area contributed by atoms with Crippen LogP contribution >= 0.6 is 0 Å². The van der Waals surface area contributed by atoms with Crippen molar-refractivity contribution in [2.75, 3.05) is 7.11 Å². The normalized spacial score (nSPS) is 12.4. The summed E-state index contributed by atoms with van der Waals surface area (Å²) in [6.07, 6.45) is -0.577. The van der Waals surface area contributed by atoms with E-state index in [1.165, 1.54) is 7.11 Å². The van der Waals surface area contributed by atoms with Gasteiger partial charge in [0, 0.05) is 22.8 Å². The van der Waals surface area contributed by atoms with E-state index in [4.69, 9.17) is 9.15 Å². The summed E-state index contributed by atoms with van der Waals surface area (Å²) >= 11 is 0. The first kappa shape index (κ1) is 18.8. The van der Waals surface area contributed by atoms with Gasteiger partial charge in [0.2, 0.25) is 0 Å². The van der Waals surface area contributed by atoms with Crippen LogP contribution in [0.4, 0.5) is 0 Å². The molecule has 0 aliphatic rings. The second kappa shape index (κ2) is 7.14. The maximum absolute atomic E-state index is 12.7. The second-order valence-corrected chi connectivity index (χ2v) is 6.96. The number of phenolic OH excluding ortho intramolecular Hbond substituents is 2. The molecule has 6 nitrogen and oxygen atoms in total. The van der Waals surface area contributed by atoms with E-state index in [-0.39, 0.29) is 29.3 Å². The Morgan fingerprint density at radius 1 is 1.03 bits per heavy atom. The Morgan fingerprint density at radius 2 is 1.79 bits per heavy atom. The molecule has 0 fully saturated rings. The fourth-order valence-electron chi connectivity index (χ4n) is 3.54. The summed E-state index contributed by atoms with van der Waals surface area (Å²) in [6.45, 7) is 1.62. The first-order valence-electron chi connectivity index (χ1n) is 9.15. The molecule has 1 atom stereocenters. The number of aliphatic hydroxyl groups is 1. The third-order valence-electron chi connectivity index (χ3n) is 5.12. The van der Waals surface area contributed by atoms with Gasteiger partial charge in [0.25, 0.3) is 0 Å². The molecule has 3 aromatic carbocycles. The molecule has 0 saturated carbocycles. The fraction of sp³-hybridized carbons (Fsp3) is 0.174. The average Bonchev–Trinajstić information content (AvgIpc) is 2.71. The molecule has 0 spiro atoms. The lowest BCUT2D eigenvalue weighted by atomic mass is 9.97. The van der Waals surface area contributed by atoms with Crippen LogP contribution in [-0.2, 0) is 6.42 Å². The number of benzene rings is 3. The van der Waals surface area contributed by atoms with Crippen LogP contribution in [0.25, 0.3) is 21.7 Å². The zero-order valence-electron chi connectivity index (χ0n) is 16.0. The first-order chi connectivity index (χ1) is 13.9. The molecule has 0 bridgehead atoms. The van der Waals surface area contributed by atoms with E-state index in [0.717, 1.165) is 0 Å². The molecule has 6 heteroatoms. The predicted octanol–water partition coefficient (Wildman–Crippen LogP) is 4.01. The lowest BCUT2D eigenvalue weighted by molar-refractivity contribution is 0.199. The van der Waals surface area contributed by atoms with Gasteiger partial charge in [-0.05, 0) is 36.2 Å². The van der Waals surface area contributed by atoms with Crippen LogP contribution in [-0.4, -0.2) is 22.4 Å². The van der Waals surface area contributed by atoms with Crippen LogP contribution in [0.5, 0.6) is 17.2 Å². The maximum Gasteiger partial charge on any atom is 0.344 e. The largest absolute Gasteiger partial charge is 0.508 e. The number of para-hydroxylation sites is 1. The van der Waals surface area contributed by atoms with E-state index < -0.39 is 11.7 Å². The number of fused-ring (bicyclic) bond motifs is 3. The minimum atomic E-state index is -0.722. The number of methoxy groups -OCH3 is 1. The Kier molecular flexibility index (Phi) is 4.64. The summed E-state index contributed by atoms with van der Waals surface area (Å²) in [5.74, 6) is 0.164. The van der Waals surface area contributed by atoms with Gasteiger partial charge in [0.1, 0.15) is 11.3 Å². The van der Waals surface area contributed by atoms with Gasteiger partial charge in [-0.25, -0.2) is 4.79 Å². The highest BCUT2D eigenvalue weighted by Crippen LogP contribution is 2.40. The highest BCUT2D eigenvalue weighted by Gasteiger charge is 2.20. The van der Waals surface area contributed by atoms with Gasteiger partial charge in [-0.2, -0.15) is 0 Å². The third kappa shape index (κ3) is 3.17. The molecular weight excluding hydrogens is 372 g/mol. The van der Waals surface area contributed by atoms with Crippen molar-refractivity contribution in [3.8, 4) is 17.2 Å². The fourth-order valence-corrected chi connectivity index (χ4v) is 3.54. The van der Waals surface area contributed by atoms with Gasteiger partial charge in [-0.1, -0.05) is 30.3 Å². The number of aromatic hydroxyl groups is 2. The van der Waals surface area contributed by atoms with Crippen molar-refractivity contribution in [1.29, 1.82) is 0 Å². The van der Waals surface area contributed by atoms with Gasteiger partial charge in [0.15, 0.2) is 11.5 Å². The first-order valence-corrected chi connectivity index (χ1v) is 9.15. The van der Waals surface area contributed by atoms with Crippen molar-refractivity contribution in [3.05, 3.63) is 75.6 Å². The van der Waals surface area contributed by atoms with Crippen molar-refractivity contribution in [1.82, 2.24) is 0 Å². The van der Waals surface area contributed by atoms with Crippen LogP contribution in [0.1, 0.15) is 29.7 Å². The van der Waals surface area contributed by atoms with Crippen LogP contribution in [0.2, 0.25) is 0 Å². The van der Waals surface area contributed by atoms with Gasteiger partial charge in [-0.3, -0.25) is 0 Å². The maximum atomic E-state index is 12.7. The molecule has 29 heavy (non-hydrogen) atoms. The van der Waals surface area contributed by atoms with Crippen molar-refractivity contribution < 1.29 is 24.5 Å². The molecule has 148 valence electrons. The Morgan fingerprint density at radius 3 is 2.48 bits per heavy atom. The Hall–Kier alpha value is -3.51. The summed E-state index contributed by atoms with van der Waals surface area (Å²) in [5, 5.41) is 32.2. The monoisotopic (exact) mass is 392 g/mol. The van der Waals surface area contributed by atoms with Crippen LogP contribution in [0.3, 0.4) is 0 Å². The van der Waals surface area contributed by atoms with Gasteiger partial charge in [-0.15, -0.1) is 0 Å². The van der Waals surface area contributed by atoms with Crippen molar-refractivity contribution in [2.45, 2.75) is 19.4 Å². The number of ether oxygens (including phenoxy) is 1. The summed E-state index contributed by atoms with van der Waals surface area (Å²) in [4.78, 5) is 12.7. The predicted molar refractivity (Wildman–Crippen MR) is 110 cm³/mol. The minimum Gasteiger partial charge on any atom is -0.508 e. The van der Waals surface area contributed by atoms with E-state index in [2.05, 4.69) is 0 Å². The van der Waals surface area contributed by atoms with Crippen molar-refractivity contribution in [3.63, 3.8) is 0 Å². The SMILES string of the molecule is COc1cc2c(oc(=O)c3cc(C(C)O)ccc32)c(Cc2ccccc2O)c1O. The number of phenols is 2. The number of hydrogen-bond acceptors (Lipinski definition) is 6. The van der Waals surface area contributed by atoms with E-state index in [9.17, 15) is 20.1 Å². The molecule has 3 N–H and O–H groups in total. The molecule has 4 aromatic rings. The van der Waals surface area contributed by atoms with E-state index in [1.807, 2.05) is 0 Å². The molecule has 0 aliphatic heterocycles. The van der Waals surface area contributed by atoms with Gasteiger partial charge in [0.05, 0.1) is 18.6 Å². The summed E-state index contributed by atoms with van der Waals surface area (Å²) in [6, 6.07) is 13.5. The topological polar surface area (TPSA) is 100 Å². The van der Waals surface area contributed by atoms with Crippen molar-refractivity contribution in [2.24, 2.45) is 0 Å². The molecule has 0 saturated heterocycles. The second-order valence-electron chi connectivity index (χ2n) is 6.96. The summed E-state index contributed by atoms with van der Waals surface area (Å²) < 4.78 is 10.9. The zero-order chi connectivity index (χ0) is 20.7. The van der Waals surface area contributed by atoms with E-state index in [0.29, 0.717) is 32.8 Å². The standard InChI is InChI=1S/C23H20O6/c1-12(24)13-7-8-15-16-11-20(28-2)21(26)18(10-14-5-3-4-6-19(14)25)22(16)29-23(27)17(15)9-13/h3-9,11-12,24-26H,10H2,1-2H3. The third-order valence-corrected chi connectivity index (χ3v) is 5.12. The highest BCUT2D eigenvalue weighted by atomic mass is 16.5.